The van der Waals surface area contributed by atoms with Crippen molar-refractivity contribution in [1.82, 2.24) is 0 Å². The SMILES string of the molecule is C=Cc1c(C)c(C#Cc2ccccc2)cc(C(C)(C)C)c1OC(C)C. The van der Waals surface area contributed by atoms with Crippen LogP contribution in [0.15, 0.2) is 43.0 Å². The van der Waals surface area contributed by atoms with E-state index in [1.54, 1.807) is 0 Å². The van der Waals surface area contributed by atoms with Gasteiger partial charge in [-0.1, -0.05) is 63.5 Å². The van der Waals surface area contributed by atoms with Crippen LogP contribution in [0.3, 0.4) is 0 Å². The van der Waals surface area contributed by atoms with E-state index >= 15 is 0 Å². The van der Waals surface area contributed by atoms with Crippen LogP contribution >= 0.6 is 0 Å². The molecule has 1 heteroatoms. The summed E-state index contributed by atoms with van der Waals surface area (Å²) in [4.78, 5) is 0. The van der Waals surface area contributed by atoms with E-state index in [4.69, 9.17) is 4.74 Å². The zero-order valence-corrected chi connectivity index (χ0v) is 16.2. The molecule has 0 fully saturated rings. The molecule has 0 aliphatic carbocycles. The normalized spacial score (nSPS) is 11.0. The van der Waals surface area contributed by atoms with E-state index in [0.717, 1.165) is 28.0 Å². The molecule has 0 bridgehead atoms. The molecule has 0 aromatic heterocycles. The van der Waals surface area contributed by atoms with Gasteiger partial charge in [0.05, 0.1) is 6.10 Å². The molecular formula is C24H28O. The minimum atomic E-state index is -0.0428. The largest absolute Gasteiger partial charge is 0.490 e. The van der Waals surface area contributed by atoms with Crippen LogP contribution in [0.5, 0.6) is 5.75 Å². The lowest BCUT2D eigenvalue weighted by Gasteiger charge is -2.27. The quantitative estimate of drug-likeness (QED) is 0.615. The van der Waals surface area contributed by atoms with Crippen molar-refractivity contribution in [2.45, 2.75) is 53.1 Å². The van der Waals surface area contributed by atoms with Gasteiger partial charge in [0.25, 0.3) is 0 Å². The van der Waals surface area contributed by atoms with Crippen molar-refractivity contribution >= 4 is 6.08 Å². The van der Waals surface area contributed by atoms with E-state index in [-0.39, 0.29) is 11.5 Å². The van der Waals surface area contributed by atoms with E-state index in [9.17, 15) is 0 Å². The van der Waals surface area contributed by atoms with Crippen LogP contribution in [-0.4, -0.2) is 6.10 Å². The number of hydrogen-bond acceptors (Lipinski definition) is 1. The lowest BCUT2D eigenvalue weighted by Crippen LogP contribution is -2.18. The first-order chi connectivity index (χ1) is 11.7. The number of benzene rings is 2. The first-order valence-electron chi connectivity index (χ1n) is 8.78. The van der Waals surface area contributed by atoms with Gasteiger partial charge < -0.3 is 4.74 Å². The Morgan fingerprint density at radius 2 is 1.72 bits per heavy atom. The van der Waals surface area contributed by atoms with Crippen LogP contribution in [0.4, 0.5) is 0 Å². The molecule has 25 heavy (non-hydrogen) atoms. The van der Waals surface area contributed by atoms with E-state index in [2.05, 4.69) is 66.0 Å². The maximum absolute atomic E-state index is 6.17. The third-order valence-electron chi connectivity index (χ3n) is 4.07. The first-order valence-corrected chi connectivity index (χ1v) is 8.78. The van der Waals surface area contributed by atoms with Crippen LogP contribution in [0.1, 0.15) is 62.4 Å². The highest BCUT2D eigenvalue weighted by Gasteiger charge is 2.24. The Morgan fingerprint density at radius 3 is 2.24 bits per heavy atom. The molecule has 0 amide bonds. The second kappa shape index (κ2) is 7.62. The fourth-order valence-corrected chi connectivity index (χ4v) is 2.73. The Labute approximate surface area is 152 Å². The van der Waals surface area contributed by atoms with Crippen molar-refractivity contribution in [3.8, 4) is 17.6 Å². The topological polar surface area (TPSA) is 9.23 Å². The molecule has 0 atom stereocenters. The Hall–Kier alpha value is -2.46. The summed E-state index contributed by atoms with van der Waals surface area (Å²) < 4.78 is 6.17. The molecule has 0 radical (unpaired) electrons. The monoisotopic (exact) mass is 332 g/mol. The van der Waals surface area contributed by atoms with Crippen molar-refractivity contribution in [1.29, 1.82) is 0 Å². The zero-order chi connectivity index (χ0) is 18.6. The minimum Gasteiger partial charge on any atom is -0.490 e. The number of hydrogen-bond donors (Lipinski definition) is 0. The second-order valence-corrected chi connectivity index (χ2v) is 7.58. The number of rotatable bonds is 3. The van der Waals surface area contributed by atoms with E-state index in [1.165, 1.54) is 5.56 Å². The smallest absolute Gasteiger partial charge is 0.130 e. The maximum Gasteiger partial charge on any atom is 0.130 e. The fourth-order valence-electron chi connectivity index (χ4n) is 2.73. The summed E-state index contributed by atoms with van der Waals surface area (Å²) in [6.07, 6.45) is 2.00. The van der Waals surface area contributed by atoms with Gasteiger partial charge in [-0.05, 0) is 49.9 Å². The predicted molar refractivity (Wildman–Crippen MR) is 108 cm³/mol. The van der Waals surface area contributed by atoms with Gasteiger partial charge in [-0.25, -0.2) is 0 Å². The highest BCUT2D eigenvalue weighted by molar-refractivity contribution is 5.68. The van der Waals surface area contributed by atoms with E-state index < -0.39 is 0 Å². The van der Waals surface area contributed by atoms with Gasteiger partial charge in [-0.3, -0.25) is 0 Å². The van der Waals surface area contributed by atoms with Crippen molar-refractivity contribution in [2.24, 2.45) is 0 Å². The van der Waals surface area contributed by atoms with Gasteiger partial charge in [-0.2, -0.15) is 0 Å². The van der Waals surface area contributed by atoms with Crippen molar-refractivity contribution in [3.63, 3.8) is 0 Å². The second-order valence-electron chi connectivity index (χ2n) is 7.58. The summed E-state index contributed by atoms with van der Waals surface area (Å²) >= 11 is 0. The molecule has 0 aliphatic heterocycles. The summed E-state index contributed by atoms with van der Waals surface area (Å²) in [5, 5.41) is 0. The predicted octanol–water partition coefficient (Wildman–Crippen LogP) is 6.12. The van der Waals surface area contributed by atoms with Gasteiger partial charge in [0, 0.05) is 22.3 Å². The highest BCUT2D eigenvalue weighted by Crippen LogP contribution is 2.38. The Kier molecular flexibility index (Phi) is 5.75. The summed E-state index contributed by atoms with van der Waals surface area (Å²) in [5.74, 6) is 7.54. The molecule has 2 aromatic carbocycles. The van der Waals surface area contributed by atoms with Gasteiger partial charge in [0.1, 0.15) is 5.75 Å². The number of ether oxygens (including phenoxy) is 1. The van der Waals surface area contributed by atoms with Crippen LogP contribution < -0.4 is 4.74 Å². The molecule has 2 aromatic rings. The van der Waals surface area contributed by atoms with E-state index in [1.807, 2.05) is 36.4 Å². The lowest BCUT2D eigenvalue weighted by atomic mass is 9.82. The molecule has 0 heterocycles. The van der Waals surface area contributed by atoms with Crippen molar-refractivity contribution in [2.75, 3.05) is 0 Å². The first kappa shape index (κ1) is 18.9. The minimum absolute atomic E-state index is 0.0428. The molecule has 0 N–H and O–H groups in total. The third kappa shape index (κ3) is 4.54. The van der Waals surface area contributed by atoms with Crippen LogP contribution in [0, 0.1) is 18.8 Å². The summed E-state index contributed by atoms with van der Waals surface area (Å²) in [7, 11) is 0. The molecule has 0 saturated heterocycles. The third-order valence-corrected chi connectivity index (χ3v) is 4.07. The van der Waals surface area contributed by atoms with Gasteiger partial charge in [0.2, 0.25) is 0 Å². The Bertz CT molecular complexity index is 809. The highest BCUT2D eigenvalue weighted by atomic mass is 16.5. The molecule has 130 valence electrons. The molecular weight excluding hydrogens is 304 g/mol. The van der Waals surface area contributed by atoms with Gasteiger partial charge >= 0.3 is 0 Å². The van der Waals surface area contributed by atoms with Crippen molar-refractivity contribution in [3.05, 3.63) is 70.8 Å². The standard InChI is InChI=1S/C24H28O/c1-8-21-18(4)20(15-14-19-12-10-9-11-13-19)16-22(24(5,6)7)23(21)25-17(2)3/h8-13,16-17H,1H2,2-7H3. The molecule has 1 nitrogen and oxygen atoms in total. The molecule has 0 spiro atoms. The van der Waals surface area contributed by atoms with Crippen LogP contribution in [0.25, 0.3) is 6.08 Å². The Morgan fingerprint density at radius 1 is 1.08 bits per heavy atom. The summed E-state index contributed by atoms with van der Waals surface area (Å²) in [6.45, 7) is 16.8. The van der Waals surface area contributed by atoms with Crippen LogP contribution in [-0.2, 0) is 5.41 Å². The van der Waals surface area contributed by atoms with Crippen LogP contribution in [0.2, 0.25) is 0 Å². The summed E-state index contributed by atoms with van der Waals surface area (Å²) in [6, 6.07) is 12.2. The summed E-state index contributed by atoms with van der Waals surface area (Å²) in [5.41, 5.74) is 5.32. The van der Waals surface area contributed by atoms with Gasteiger partial charge in [-0.15, -0.1) is 0 Å². The Balaban J connectivity index is 2.67. The van der Waals surface area contributed by atoms with Gasteiger partial charge in [0.15, 0.2) is 0 Å². The van der Waals surface area contributed by atoms with Crippen molar-refractivity contribution < 1.29 is 4.74 Å². The van der Waals surface area contributed by atoms with E-state index in [0.29, 0.717) is 0 Å². The molecule has 0 unspecified atom stereocenters. The average Bonchev–Trinajstić information content (AvgIpc) is 2.53. The average molecular weight is 332 g/mol. The molecule has 0 aliphatic rings. The fraction of sp³-hybridized carbons (Fsp3) is 0.333. The molecule has 2 rings (SSSR count). The molecule has 0 saturated carbocycles. The zero-order valence-electron chi connectivity index (χ0n) is 16.2. The lowest BCUT2D eigenvalue weighted by molar-refractivity contribution is 0.236. The maximum atomic E-state index is 6.17.